The van der Waals surface area contributed by atoms with Gasteiger partial charge >= 0.3 is 0 Å². The number of nitrogens with one attached hydrogen (secondary N) is 2. The normalized spacial score (nSPS) is 34.4. The molecule has 2 fully saturated rings. The van der Waals surface area contributed by atoms with Crippen LogP contribution in [0.25, 0.3) is 0 Å². The van der Waals surface area contributed by atoms with E-state index in [1.165, 1.54) is 45.1 Å². The van der Waals surface area contributed by atoms with Gasteiger partial charge in [0.05, 0.1) is 6.61 Å². The number of rotatable bonds is 5. The number of hydrogen-bond donors (Lipinski definition) is 2. The summed E-state index contributed by atoms with van der Waals surface area (Å²) in [6.07, 6.45) is 8.10. The van der Waals surface area contributed by atoms with Gasteiger partial charge in [-0.2, -0.15) is 5.48 Å². The van der Waals surface area contributed by atoms with Gasteiger partial charge in [0.1, 0.15) is 0 Å². The third-order valence-electron chi connectivity index (χ3n) is 4.09. The van der Waals surface area contributed by atoms with Crippen LogP contribution >= 0.6 is 0 Å². The maximum absolute atomic E-state index is 5.62. The lowest BCUT2D eigenvalue weighted by atomic mass is 9.88. The Hall–Kier alpha value is -0.120. The topological polar surface area (TPSA) is 33.3 Å². The van der Waals surface area contributed by atoms with Crippen molar-refractivity contribution in [2.75, 3.05) is 13.2 Å². The Bertz CT molecular complexity index is 214. The standard InChI is InChI=1S/C14H28N2O/c1-11(2)10-17-16-14-8-5-6-12(14)13-7-3-4-9-15-13/h11-16H,3-10H2,1-2H3. The van der Waals surface area contributed by atoms with Crippen LogP contribution in [-0.4, -0.2) is 25.2 Å². The van der Waals surface area contributed by atoms with E-state index in [0.29, 0.717) is 12.0 Å². The molecule has 1 saturated carbocycles. The second-order valence-corrected chi connectivity index (χ2v) is 6.08. The van der Waals surface area contributed by atoms with Crippen LogP contribution in [0.5, 0.6) is 0 Å². The minimum absolute atomic E-state index is 0.573. The Morgan fingerprint density at radius 1 is 1.18 bits per heavy atom. The quantitative estimate of drug-likeness (QED) is 0.724. The highest BCUT2D eigenvalue weighted by Crippen LogP contribution is 2.31. The second-order valence-electron chi connectivity index (χ2n) is 6.08. The van der Waals surface area contributed by atoms with Gasteiger partial charge in [-0.25, -0.2) is 0 Å². The van der Waals surface area contributed by atoms with Gasteiger partial charge in [0.15, 0.2) is 0 Å². The molecule has 2 rings (SSSR count). The van der Waals surface area contributed by atoms with E-state index in [-0.39, 0.29) is 0 Å². The van der Waals surface area contributed by atoms with E-state index in [4.69, 9.17) is 4.84 Å². The minimum Gasteiger partial charge on any atom is -0.314 e. The van der Waals surface area contributed by atoms with Crippen LogP contribution in [0.1, 0.15) is 52.4 Å². The molecule has 3 heteroatoms. The fourth-order valence-electron chi connectivity index (χ4n) is 3.18. The Morgan fingerprint density at radius 2 is 2.06 bits per heavy atom. The summed E-state index contributed by atoms with van der Waals surface area (Å²) in [4.78, 5) is 5.62. The molecule has 0 aromatic heterocycles. The average Bonchev–Trinajstić information content (AvgIpc) is 2.78. The van der Waals surface area contributed by atoms with Crippen LogP contribution in [0.4, 0.5) is 0 Å². The summed E-state index contributed by atoms with van der Waals surface area (Å²) in [6.45, 7) is 6.41. The van der Waals surface area contributed by atoms with E-state index >= 15 is 0 Å². The highest BCUT2D eigenvalue weighted by Gasteiger charge is 2.34. The molecule has 0 amide bonds. The molecule has 2 N–H and O–H groups in total. The predicted molar refractivity (Wildman–Crippen MR) is 70.7 cm³/mol. The average molecular weight is 240 g/mol. The van der Waals surface area contributed by atoms with E-state index in [0.717, 1.165) is 18.6 Å². The maximum Gasteiger partial charge on any atom is 0.0705 e. The molecule has 100 valence electrons. The highest BCUT2D eigenvalue weighted by atomic mass is 16.6. The van der Waals surface area contributed by atoms with Crippen LogP contribution in [0.3, 0.4) is 0 Å². The van der Waals surface area contributed by atoms with Crippen LogP contribution < -0.4 is 10.8 Å². The fraction of sp³-hybridized carbons (Fsp3) is 1.00. The molecule has 0 spiro atoms. The molecule has 1 aliphatic heterocycles. The Morgan fingerprint density at radius 3 is 2.76 bits per heavy atom. The SMILES string of the molecule is CC(C)CONC1CCCC1C1CCCCN1. The van der Waals surface area contributed by atoms with Crippen molar-refractivity contribution in [1.82, 2.24) is 10.8 Å². The number of hydrogen-bond acceptors (Lipinski definition) is 3. The van der Waals surface area contributed by atoms with Gasteiger partial charge in [-0.05, 0) is 44.1 Å². The van der Waals surface area contributed by atoms with E-state index < -0.39 is 0 Å². The fourth-order valence-corrected chi connectivity index (χ4v) is 3.18. The van der Waals surface area contributed by atoms with Gasteiger partial charge in [-0.15, -0.1) is 0 Å². The van der Waals surface area contributed by atoms with Crippen LogP contribution in [0, 0.1) is 11.8 Å². The molecule has 3 nitrogen and oxygen atoms in total. The van der Waals surface area contributed by atoms with Crippen molar-refractivity contribution in [2.24, 2.45) is 11.8 Å². The lowest BCUT2D eigenvalue weighted by Crippen LogP contribution is -2.47. The van der Waals surface area contributed by atoms with Crippen LogP contribution in [0.2, 0.25) is 0 Å². The molecule has 1 saturated heterocycles. The Balaban J connectivity index is 1.75. The molecule has 0 radical (unpaired) electrons. The lowest BCUT2D eigenvalue weighted by molar-refractivity contribution is -0.0118. The zero-order valence-corrected chi connectivity index (χ0v) is 11.4. The first-order chi connectivity index (χ1) is 8.27. The lowest BCUT2D eigenvalue weighted by Gasteiger charge is -2.32. The van der Waals surface area contributed by atoms with Crippen molar-refractivity contribution < 1.29 is 4.84 Å². The van der Waals surface area contributed by atoms with Crippen molar-refractivity contribution in [3.63, 3.8) is 0 Å². The summed E-state index contributed by atoms with van der Waals surface area (Å²) >= 11 is 0. The predicted octanol–water partition coefficient (Wildman–Crippen LogP) is 2.47. The van der Waals surface area contributed by atoms with Crippen molar-refractivity contribution in [3.05, 3.63) is 0 Å². The largest absolute Gasteiger partial charge is 0.314 e. The molecule has 1 aliphatic carbocycles. The molecule has 0 bridgehead atoms. The summed E-state index contributed by atoms with van der Waals surface area (Å²) < 4.78 is 0. The first-order valence-corrected chi connectivity index (χ1v) is 7.38. The molecule has 1 heterocycles. The van der Waals surface area contributed by atoms with Crippen molar-refractivity contribution in [3.8, 4) is 0 Å². The summed E-state index contributed by atoms with van der Waals surface area (Å²) in [6, 6.07) is 1.30. The highest BCUT2D eigenvalue weighted by molar-refractivity contribution is 4.90. The van der Waals surface area contributed by atoms with Crippen molar-refractivity contribution >= 4 is 0 Å². The minimum atomic E-state index is 0.573. The summed E-state index contributed by atoms with van der Waals surface area (Å²) in [5, 5.41) is 3.69. The number of hydroxylamine groups is 1. The summed E-state index contributed by atoms with van der Waals surface area (Å²) in [5.41, 5.74) is 3.32. The monoisotopic (exact) mass is 240 g/mol. The molecule has 3 unspecified atom stereocenters. The van der Waals surface area contributed by atoms with Crippen molar-refractivity contribution in [2.45, 2.75) is 64.5 Å². The van der Waals surface area contributed by atoms with Crippen molar-refractivity contribution in [1.29, 1.82) is 0 Å². The van der Waals surface area contributed by atoms with Gasteiger partial charge < -0.3 is 10.2 Å². The molecular weight excluding hydrogens is 212 g/mol. The van der Waals surface area contributed by atoms with E-state index in [9.17, 15) is 0 Å². The molecule has 0 aromatic rings. The zero-order valence-electron chi connectivity index (χ0n) is 11.4. The first-order valence-electron chi connectivity index (χ1n) is 7.38. The number of piperidine rings is 1. The zero-order chi connectivity index (χ0) is 12.1. The third-order valence-corrected chi connectivity index (χ3v) is 4.09. The maximum atomic E-state index is 5.62. The molecule has 17 heavy (non-hydrogen) atoms. The molecular formula is C14H28N2O. The first kappa shape index (κ1) is 13.3. The Labute approximate surface area is 106 Å². The smallest absolute Gasteiger partial charge is 0.0705 e. The summed E-state index contributed by atoms with van der Waals surface area (Å²) in [7, 11) is 0. The van der Waals surface area contributed by atoms with Gasteiger partial charge in [0.25, 0.3) is 0 Å². The van der Waals surface area contributed by atoms with E-state index in [2.05, 4.69) is 24.6 Å². The van der Waals surface area contributed by atoms with E-state index in [1.807, 2.05) is 0 Å². The molecule has 2 aliphatic rings. The van der Waals surface area contributed by atoms with Gasteiger partial charge in [-0.1, -0.05) is 26.7 Å². The molecule has 3 atom stereocenters. The second kappa shape index (κ2) is 6.72. The van der Waals surface area contributed by atoms with Crippen LogP contribution in [-0.2, 0) is 4.84 Å². The van der Waals surface area contributed by atoms with E-state index in [1.54, 1.807) is 0 Å². The molecule has 0 aromatic carbocycles. The van der Waals surface area contributed by atoms with Gasteiger partial charge in [0, 0.05) is 12.1 Å². The van der Waals surface area contributed by atoms with Crippen LogP contribution in [0.15, 0.2) is 0 Å². The Kier molecular flexibility index (Phi) is 5.26. The third kappa shape index (κ3) is 3.94. The van der Waals surface area contributed by atoms with Gasteiger partial charge in [0.2, 0.25) is 0 Å². The summed E-state index contributed by atoms with van der Waals surface area (Å²) in [5.74, 6) is 1.39. The van der Waals surface area contributed by atoms with Gasteiger partial charge in [-0.3, -0.25) is 0 Å².